The van der Waals surface area contributed by atoms with Crippen molar-refractivity contribution in [2.45, 2.75) is 19.9 Å². The molecule has 0 bridgehead atoms. The first-order chi connectivity index (χ1) is 13.3. The zero-order chi connectivity index (χ0) is 18.2. The SMILES string of the molecule is CCc1ccn2ncnc(Nc3ccc4c(cnn4Cc4cscn4)c3)c12. The van der Waals surface area contributed by atoms with E-state index in [4.69, 9.17) is 0 Å². The number of nitrogens with zero attached hydrogens (tertiary/aromatic N) is 6. The second-order valence-corrected chi connectivity index (χ2v) is 7.00. The van der Waals surface area contributed by atoms with E-state index < -0.39 is 0 Å². The summed E-state index contributed by atoms with van der Waals surface area (Å²) in [5, 5.41) is 15.4. The van der Waals surface area contributed by atoms with Crippen molar-refractivity contribution in [2.75, 3.05) is 5.32 Å². The molecule has 0 amide bonds. The number of fused-ring (bicyclic) bond motifs is 2. The third-order valence-electron chi connectivity index (χ3n) is 4.62. The Balaban J connectivity index is 1.49. The van der Waals surface area contributed by atoms with Crippen molar-refractivity contribution in [2.24, 2.45) is 0 Å². The number of hydrogen-bond acceptors (Lipinski definition) is 6. The van der Waals surface area contributed by atoms with Gasteiger partial charge in [0, 0.05) is 22.7 Å². The normalized spacial score (nSPS) is 11.4. The predicted octanol–water partition coefficient (Wildman–Crippen LogP) is 3.89. The molecule has 0 fully saturated rings. The number of benzene rings is 1. The molecule has 0 spiro atoms. The summed E-state index contributed by atoms with van der Waals surface area (Å²) in [5.41, 5.74) is 7.15. The number of hydrogen-bond donors (Lipinski definition) is 1. The van der Waals surface area contributed by atoms with Gasteiger partial charge in [-0.1, -0.05) is 6.92 Å². The van der Waals surface area contributed by atoms with Crippen LogP contribution in [-0.4, -0.2) is 29.4 Å². The summed E-state index contributed by atoms with van der Waals surface area (Å²) in [6.07, 6.45) is 6.35. The molecule has 134 valence electrons. The molecule has 0 radical (unpaired) electrons. The molecular formula is C19H17N7S. The predicted molar refractivity (Wildman–Crippen MR) is 107 cm³/mol. The smallest absolute Gasteiger partial charge is 0.158 e. The Hall–Kier alpha value is -3.26. The Morgan fingerprint density at radius 1 is 1.15 bits per heavy atom. The van der Waals surface area contributed by atoms with E-state index in [9.17, 15) is 0 Å². The Morgan fingerprint density at radius 3 is 2.96 bits per heavy atom. The van der Waals surface area contributed by atoms with E-state index in [1.807, 2.05) is 32.5 Å². The molecule has 4 heterocycles. The topological polar surface area (TPSA) is 72.9 Å². The second kappa shape index (κ2) is 6.48. The van der Waals surface area contributed by atoms with Crippen molar-refractivity contribution < 1.29 is 0 Å². The van der Waals surface area contributed by atoms with Crippen LogP contribution in [0.4, 0.5) is 11.5 Å². The van der Waals surface area contributed by atoms with Crippen LogP contribution in [0.1, 0.15) is 18.2 Å². The highest BCUT2D eigenvalue weighted by Gasteiger charge is 2.10. The Labute approximate surface area is 159 Å². The molecule has 0 aliphatic heterocycles. The molecule has 0 unspecified atom stereocenters. The minimum Gasteiger partial charge on any atom is -0.338 e. The number of anilines is 2. The van der Waals surface area contributed by atoms with E-state index in [0.717, 1.165) is 40.0 Å². The van der Waals surface area contributed by atoms with Gasteiger partial charge in [0.15, 0.2) is 5.82 Å². The lowest BCUT2D eigenvalue weighted by atomic mass is 10.2. The Kier molecular flexibility index (Phi) is 3.83. The van der Waals surface area contributed by atoms with Crippen LogP contribution in [0.2, 0.25) is 0 Å². The monoisotopic (exact) mass is 375 g/mol. The van der Waals surface area contributed by atoms with Gasteiger partial charge in [-0.3, -0.25) is 4.68 Å². The lowest BCUT2D eigenvalue weighted by Crippen LogP contribution is -2.02. The molecule has 0 saturated carbocycles. The molecule has 0 aliphatic rings. The van der Waals surface area contributed by atoms with Gasteiger partial charge in [-0.05, 0) is 36.2 Å². The summed E-state index contributed by atoms with van der Waals surface area (Å²) >= 11 is 1.60. The molecule has 27 heavy (non-hydrogen) atoms. The highest BCUT2D eigenvalue weighted by molar-refractivity contribution is 7.07. The van der Waals surface area contributed by atoms with Gasteiger partial charge in [-0.2, -0.15) is 10.2 Å². The molecule has 0 saturated heterocycles. The van der Waals surface area contributed by atoms with Crippen molar-refractivity contribution in [3.63, 3.8) is 0 Å². The fraction of sp³-hybridized carbons (Fsp3) is 0.158. The number of aryl methyl sites for hydroxylation is 1. The van der Waals surface area contributed by atoms with Gasteiger partial charge in [0.25, 0.3) is 0 Å². The van der Waals surface area contributed by atoms with Crippen LogP contribution in [0.5, 0.6) is 0 Å². The third kappa shape index (κ3) is 2.83. The van der Waals surface area contributed by atoms with Crippen molar-refractivity contribution in [1.29, 1.82) is 0 Å². The largest absolute Gasteiger partial charge is 0.338 e. The first-order valence-electron chi connectivity index (χ1n) is 8.72. The van der Waals surface area contributed by atoms with Crippen molar-refractivity contribution in [3.05, 3.63) is 65.1 Å². The fourth-order valence-electron chi connectivity index (χ4n) is 3.29. The summed E-state index contributed by atoms with van der Waals surface area (Å²) in [6.45, 7) is 2.81. The van der Waals surface area contributed by atoms with Gasteiger partial charge >= 0.3 is 0 Å². The van der Waals surface area contributed by atoms with E-state index in [0.29, 0.717) is 6.54 Å². The van der Waals surface area contributed by atoms with Gasteiger partial charge < -0.3 is 5.32 Å². The summed E-state index contributed by atoms with van der Waals surface area (Å²) in [4.78, 5) is 8.79. The Bertz CT molecular complexity index is 1220. The van der Waals surface area contributed by atoms with Crippen LogP contribution < -0.4 is 5.32 Å². The molecule has 0 aliphatic carbocycles. The maximum absolute atomic E-state index is 4.51. The molecule has 4 aromatic heterocycles. The molecule has 1 N–H and O–H groups in total. The zero-order valence-electron chi connectivity index (χ0n) is 14.7. The standard InChI is InChI=1S/C19H17N7S/c1-2-13-5-6-25-18(13)19(20-11-23-25)24-15-3-4-17-14(7-15)8-22-26(17)9-16-10-27-12-21-16/h3-8,10-12H,2,9H2,1H3,(H,20,23,24). The van der Waals surface area contributed by atoms with Crippen LogP contribution in [0.15, 0.2) is 53.9 Å². The van der Waals surface area contributed by atoms with Crippen LogP contribution in [-0.2, 0) is 13.0 Å². The fourth-order valence-corrected chi connectivity index (χ4v) is 3.84. The quantitative estimate of drug-likeness (QED) is 0.504. The first kappa shape index (κ1) is 16.0. The van der Waals surface area contributed by atoms with E-state index >= 15 is 0 Å². The van der Waals surface area contributed by atoms with Crippen LogP contribution in [0.25, 0.3) is 16.4 Å². The van der Waals surface area contributed by atoms with Gasteiger partial charge in [0.05, 0.1) is 29.5 Å². The van der Waals surface area contributed by atoms with Crippen LogP contribution in [0.3, 0.4) is 0 Å². The average Bonchev–Trinajstić information content (AvgIpc) is 3.42. The number of thiazole rings is 1. The third-order valence-corrected chi connectivity index (χ3v) is 5.25. The first-order valence-corrected chi connectivity index (χ1v) is 9.67. The van der Waals surface area contributed by atoms with Crippen LogP contribution in [0, 0.1) is 0 Å². The van der Waals surface area contributed by atoms with Gasteiger partial charge in [0.1, 0.15) is 11.8 Å². The number of aromatic nitrogens is 6. The summed E-state index contributed by atoms with van der Waals surface area (Å²) in [7, 11) is 0. The molecule has 5 rings (SSSR count). The van der Waals surface area contributed by atoms with E-state index in [1.165, 1.54) is 5.56 Å². The molecule has 5 aromatic rings. The van der Waals surface area contributed by atoms with Crippen LogP contribution >= 0.6 is 11.3 Å². The highest BCUT2D eigenvalue weighted by atomic mass is 32.1. The lowest BCUT2D eigenvalue weighted by molar-refractivity contribution is 0.700. The second-order valence-electron chi connectivity index (χ2n) is 6.28. The van der Waals surface area contributed by atoms with E-state index in [1.54, 1.807) is 17.7 Å². The minimum atomic E-state index is 0.677. The van der Waals surface area contributed by atoms with Crippen molar-refractivity contribution in [3.8, 4) is 0 Å². The average molecular weight is 375 g/mol. The van der Waals surface area contributed by atoms with Gasteiger partial charge in [0.2, 0.25) is 0 Å². The summed E-state index contributed by atoms with van der Waals surface area (Å²) in [6, 6.07) is 8.30. The maximum atomic E-state index is 4.51. The lowest BCUT2D eigenvalue weighted by Gasteiger charge is -2.09. The zero-order valence-corrected chi connectivity index (χ0v) is 15.5. The molecule has 7 nitrogen and oxygen atoms in total. The van der Waals surface area contributed by atoms with Crippen molar-refractivity contribution in [1.82, 2.24) is 29.4 Å². The number of rotatable bonds is 5. The van der Waals surface area contributed by atoms with Crippen molar-refractivity contribution >= 4 is 39.3 Å². The summed E-state index contributed by atoms with van der Waals surface area (Å²) in [5.74, 6) is 0.807. The van der Waals surface area contributed by atoms with E-state index in [2.05, 4.69) is 56.7 Å². The molecular weight excluding hydrogens is 358 g/mol. The van der Waals surface area contributed by atoms with Gasteiger partial charge in [-0.25, -0.2) is 14.5 Å². The molecule has 0 atom stereocenters. The highest BCUT2D eigenvalue weighted by Crippen LogP contribution is 2.26. The molecule has 8 heteroatoms. The molecule has 1 aromatic carbocycles. The Morgan fingerprint density at radius 2 is 2.11 bits per heavy atom. The van der Waals surface area contributed by atoms with Gasteiger partial charge in [-0.15, -0.1) is 11.3 Å². The van der Waals surface area contributed by atoms with E-state index in [-0.39, 0.29) is 0 Å². The summed E-state index contributed by atoms with van der Waals surface area (Å²) < 4.78 is 3.83. The maximum Gasteiger partial charge on any atom is 0.158 e. The number of nitrogens with one attached hydrogen (secondary N) is 1. The minimum absolute atomic E-state index is 0.677.